The third kappa shape index (κ3) is 5.76. The quantitative estimate of drug-likeness (QED) is 0.363. The van der Waals surface area contributed by atoms with E-state index in [1.54, 1.807) is 25.1 Å². The number of halogens is 1. The molecule has 1 atom stereocenters. The van der Waals surface area contributed by atoms with Crippen LogP contribution in [0, 0.1) is 0 Å². The van der Waals surface area contributed by atoms with Gasteiger partial charge in [-0.1, -0.05) is 60.2 Å². The molecule has 0 bridgehead atoms. The van der Waals surface area contributed by atoms with E-state index < -0.39 is 18.0 Å². The molecule has 2 heterocycles. The molecule has 204 valence electrons. The van der Waals surface area contributed by atoms with Gasteiger partial charge in [-0.2, -0.15) is 0 Å². The number of rotatable bonds is 9. The Morgan fingerprint density at radius 1 is 1.10 bits per heavy atom. The van der Waals surface area contributed by atoms with Crippen LogP contribution in [0.25, 0.3) is 6.08 Å². The van der Waals surface area contributed by atoms with Crippen molar-refractivity contribution in [2.45, 2.75) is 26.3 Å². The molecular weight excluding hydrogens is 544 g/mol. The largest absolute Gasteiger partial charge is 0.490 e. The predicted octanol–water partition coefficient (Wildman–Crippen LogP) is 3.40. The second-order valence-electron chi connectivity index (χ2n) is 8.33. The number of esters is 2. The average Bonchev–Trinajstić information content (AvgIpc) is 3.25. The summed E-state index contributed by atoms with van der Waals surface area (Å²) in [6, 6.07) is 11.9. The number of carbonyl (C=O) groups is 2. The van der Waals surface area contributed by atoms with E-state index in [1.807, 2.05) is 37.3 Å². The first kappa shape index (κ1) is 28.1. The Kier molecular flexibility index (Phi) is 8.88. The van der Waals surface area contributed by atoms with Gasteiger partial charge in [-0.3, -0.25) is 9.36 Å². The average molecular weight is 571 g/mol. The highest BCUT2D eigenvalue weighted by Gasteiger charge is 2.33. The summed E-state index contributed by atoms with van der Waals surface area (Å²) >= 11 is 7.69. The number of nitrogens with zero attached hydrogens (tertiary/aromatic N) is 2. The number of methoxy groups -OCH3 is 2. The lowest BCUT2D eigenvalue weighted by atomic mass is 9.95. The smallest absolute Gasteiger partial charge is 0.343 e. The summed E-state index contributed by atoms with van der Waals surface area (Å²) in [5.74, 6) is -0.586. The zero-order valence-corrected chi connectivity index (χ0v) is 23.4. The van der Waals surface area contributed by atoms with Crippen molar-refractivity contribution in [2.75, 3.05) is 27.4 Å². The number of allylic oxidation sites excluding steroid dienone is 1. The molecule has 0 aliphatic carbocycles. The first-order valence-electron chi connectivity index (χ1n) is 12.2. The maximum Gasteiger partial charge on any atom is 0.343 e. The maximum atomic E-state index is 13.8. The molecule has 1 aliphatic heterocycles. The lowest BCUT2D eigenvalue weighted by Gasteiger charge is -2.25. The molecule has 0 spiro atoms. The first-order chi connectivity index (χ1) is 18.8. The number of ether oxygens (including phenoxy) is 4. The second-order valence-corrected chi connectivity index (χ2v) is 9.74. The summed E-state index contributed by atoms with van der Waals surface area (Å²) in [4.78, 5) is 43.4. The topological polar surface area (TPSA) is 105 Å². The number of carbonyl (C=O) groups excluding carboxylic acids is 2. The van der Waals surface area contributed by atoms with Crippen LogP contribution in [-0.2, 0) is 19.1 Å². The van der Waals surface area contributed by atoms with E-state index in [2.05, 4.69) is 9.73 Å². The van der Waals surface area contributed by atoms with Gasteiger partial charge in [0.05, 0.1) is 47.7 Å². The summed E-state index contributed by atoms with van der Waals surface area (Å²) in [6.45, 7) is 3.69. The molecule has 0 N–H and O–H groups in total. The van der Waals surface area contributed by atoms with Gasteiger partial charge in [0, 0.05) is 0 Å². The fourth-order valence-corrected chi connectivity index (χ4v) is 5.52. The minimum absolute atomic E-state index is 0.196. The molecule has 0 radical (unpaired) electrons. The summed E-state index contributed by atoms with van der Waals surface area (Å²) < 4.78 is 22.8. The number of hydrogen-bond donors (Lipinski definition) is 0. The molecule has 1 aromatic heterocycles. The molecule has 0 fully saturated rings. The molecule has 11 heteroatoms. The van der Waals surface area contributed by atoms with Crippen molar-refractivity contribution in [2.24, 2.45) is 4.99 Å². The molecular formula is C28H27ClN2O7S. The Morgan fingerprint density at radius 3 is 2.49 bits per heavy atom. The van der Waals surface area contributed by atoms with Crippen LogP contribution in [0.3, 0.4) is 0 Å². The first-order valence-corrected chi connectivity index (χ1v) is 13.4. The van der Waals surface area contributed by atoms with E-state index in [9.17, 15) is 14.4 Å². The number of benzene rings is 2. The van der Waals surface area contributed by atoms with Gasteiger partial charge in [0.15, 0.2) is 22.9 Å². The van der Waals surface area contributed by atoms with Gasteiger partial charge in [-0.25, -0.2) is 14.6 Å². The lowest BCUT2D eigenvalue weighted by Crippen LogP contribution is -2.40. The number of hydrogen-bond acceptors (Lipinski definition) is 9. The van der Waals surface area contributed by atoms with E-state index in [4.69, 9.17) is 25.8 Å². The summed E-state index contributed by atoms with van der Waals surface area (Å²) in [7, 11) is 2.57. The highest BCUT2D eigenvalue weighted by molar-refractivity contribution is 7.07. The molecule has 39 heavy (non-hydrogen) atoms. The Balaban J connectivity index is 1.88. The second kappa shape index (κ2) is 12.3. The minimum Gasteiger partial charge on any atom is -0.490 e. The van der Waals surface area contributed by atoms with Crippen molar-refractivity contribution >= 4 is 41.0 Å². The highest BCUT2D eigenvalue weighted by Crippen LogP contribution is 2.37. The van der Waals surface area contributed by atoms with Crippen LogP contribution < -0.4 is 24.4 Å². The van der Waals surface area contributed by atoms with Gasteiger partial charge in [-0.15, -0.1) is 0 Å². The number of fused-ring (bicyclic) bond motifs is 1. The SMILES string of the molecule is CCOc1cc(/C=c2\sc3n(c2=O)[C@H](c2ccccc2)C(C(=O)OC)=C(CC)N=3)cc(Cl)c1OCC(=O)OC. The molecule has 0 saturated carbocycles. The van der Waals surface area contributed by atoms with E-state index >= 15 is 0 Å². The summed E-state index contributed by atoms with van der Waals surface area (Å²) in [5.41, 5.74) is 1.93. The fraction of sp³-hybridized carbons (Fsp3) is 0.286. The minimum atomic E-state index is -0.691. The van der Waals surface area contributed by atoms with Gasteiger partial charge >= 0.3 is 11.9 Å². The van der Waals surface area contributed by atoms with E-state index in [0.29, 0.717) is 44.9 Å². The molecule has 9 nitrogen and oxygen atoms in total. The number of aromatic nitrogens is 1. The number of thiazole rings is 1. The Labute approximate surface area is 233 Å². The van der Waals surface area contributed by atoms with Crippen molar-refractivity contribution < 1.29 is 28.5 Å². The van der Waals surface area contributed by atoms with Crippen molar-refractivity contribution in [3.05, 3.63) is 89.6 Å². The third-order valence-corrected chi connectivity index (χ3v) is 7.22. The Hall–Kier alpha value is -3.89. The molecule has 3 aromatic rings. The highest BCUT2D eigenvalue weighted by atomic mass is 35.5. The zero-order valence-electron chi connectivity index (χ0n) is 21.9. The predicted molar refractivity (Wildman–Crippen MR) is 147 cm³/mol. The van der Waals surface area contributed by atoms with E-state index in [0.717, 1.165) is 5.56 Å². The summed E-state index contributed by atoms with van der Waals surface area (Å²) in [5, 5.41) is 0.201. The third-order valence-electron chi connectivity index (χ3n) is 5.96. The van der Waals surface area contributed by atoms with E-state index in [1.165, 1.54) is 30.1 Å². The molecule has 4 rings (SSSR count). The molecule has 1 aliphatic rings. The van der Waals surface area contributed by atoms with Crippen LogP contribution >= 0.6 is 22.9 Å². The molecule has 2 aromatic carbocycles. The molecule has 0 amide bonds. The van der Waals surface area contributed by atoms with Crippen molar-refractivity contribution in [3.63, 3.8) is 0 Å². The van der Waals surface area contributed by atoms with Gasteiger partial charge in [-0.05, 0) is 42.7 Å². The standard InChI is InChI=1S/C28H27ClN2O7S/c1-5-19-23(27(34)36-4)24(17-10-8-7-9-11-17)31-26(33)21(39-28(31)30-19)14-16-12-18(29)25(20(13-16)37-6-2)38-15-22(32)35-3/h7-14,24H,5-6,15H2,1-4H3/b21-14-/t24-/m1/s1. The lowest BCUT2D eigenvalue weighted by molar-refractivity contribution is -0.143. The van der Waals surface area contributed by atoms with Crippen LogP contribution in [0.2, 0.25) is 5.02 Å². The van der Waals surface area contributed by atoms with Crippen LogP contribution in [0.5, 0.6) is 11.5 Å². The van der Waals surface area contributed by atoms with Gasteiger partial charge in [0.1, 0.15) is 0 Å². The van der Waals surface area contributed by atoms with Crippen LogP contribution in [0.1, 0.15) is 37.4 Å². The molecule has 0 saturated heterocycles. The van der Waals surface area contributed by atoms with Crippen molar-refractivity contribution in [3.8, 4) is 11.5 Å². The normalized spacial score (nSPS) is 14.9. The molecule has 0 unspecified atom stereocenters. The van der Waals surface area contributed by atoms with E-state index in [-0.39, 0.29) is 22.9 Å². The van der Waals surface area contributed by atoms with Gasteiger partial charge in [0.2, 0.25) is 0 Å². The fourth-order valence-electron chi connectivity index (χ4n) is 4.23. The maximum absolute atomic E-state index is 13.8. The van der Waals surface area contributed by atoms with Crippen LogP contribution in [-0.4, -0.2) is 43.9 Å². The van der Waals surface area contributed by atoms with Gasteiger partial charge in [0.25, 0.3) is 5.56 Å². The van der Waals surface area contributed by atoms with Crippen LogP contribution in [0.15, 0.2) is 63.5 Å². The van der Waals surface area contributed by atoms with Crippen molar-refractivity contribution in [1.29, 1.82) is 0 Å². The summed E-state index contributed by atoms with van der Waals surface area (Å²) in [6.07, 6.45) is 2.16. The van der Waals surface area contributed by atoms with Crippen LogP contribution in [0.4, 0.5) is 0 Å². The monoisotopic (exact) mass is 570 g/mol. The zero-order chi connectivity index (χ0) is 28.1. The van der Waals surface area contributed by atoms with Crippen molar-refractivity contribution in [1.82, 2.24) is 4.57 Å². The van der Waals surface area contributed by atoms with Gasteiger partial charge < -0.3 is 18.9 Å². The Morgan fingerprint density at radius 2 is 1.85 bits per heavy atom. The Bertz CT molecular complexity index is 1610.